The second kappa shape index (κ2) is 4.70. The zero-order valence-corrected chi connectivity index (χ0v) is 8.97. The average Bonchev–Trinajstić information content (AvgIpc) is 2.17. The van der Waals surface area contributed by atoms with E-state index in [9.17, 15) is 14.9 Å². The van der Waals surface area contributed by atoms with Crippen LogP contribution < -0.4 is 0 Å². The van der Waals surface area contributed by atoms with Crippen molar-refractivity contribution >= 4 is 32.1 Å². The third-order valence-electron chi connectivity index (χ3n) is 1.60. The average molecular weight is 272 g/mol. The Morgan fingerprint density at radius 1 is 1.40 bits per heavy atom. The highest BCUT2D eigenvalue weighted by atomic mass is 79.9. The predicted molar refractivity (Wildman–Crippen MR) is 57.6 cm³/mol. The second-order valence-corrected chi connectivity index (χ2v) is 3.49. The summed E-state index contributed by atoms with van der Waals surface area (Å²) in [5.74, 6) is -1.08. The number of nitro benzene ring substituents is 1. The lowest BCUT2D eigenvalue weighted by atomic mass is 10.2. The first-order valence-corrected chi connectivity index (χ1v) is 4.65. The zero-order valence-electron chi connectivity index (χ0n) is 7.38. The van der Waals surface area contributed by atoms with Crippen molar-refractivity contribution in [1.82, 2.24) is 0 Å². The largest absolute Gasteiger partial charge is 0.478 e. The summed E-state index contributed by atoms with van der Waals surface area (Å²) in [5, 5.41) is 18.8. The molecular weight excluding hydrogens is 266 g/mol. The van der Waals surface area contributed by atoms with Gasteiger partial charge in [0.2, 0.25) is 0 Å². The minimum absolute atomic E-state index is 0.0330. The number of nitro groups is 1. The molecule has 6 heteroatoms. The van der Waals surface area contributed by atoms with Gasteiger partial charge in [-0.3, -0.25) is 10.1 Å². The van der Waals surface area contributed by atoms with E-state index in [1.54, 1.807) is 0 Å². The number of aliphatic carboxylic acids is 1. The first-order chi connectivity index (χ1) is 7.00. The van der Waals surface area contributed by atoms with Crippen LogP contribution >= 0.6 is 15.9 Å². The van der Waals surface area contributed by atoms with Gasteiger partial charge in [-0.05, 0) is 33.6 Å². The van der Waals surface area contributed by atoms with Crippen LogP contribution in [0.3, 0.4) is 0 Å². The Bertz CT molecular complexity index is 424. The van der Waals surface area contributed by atoms with Gasteiger partial charge in [-0.1, -0.05) is 0 Å². The quantitative estimate of drug-likeness (QED) is 0.520. The maximum atomic E-state index is 10.3. The monoisotopic (exact) mass is 271 g/mol. The first-order valence-electron chi connectivity index (χ1n) is 3.85. The molecule has 0 bridgehead atoms. The molecule has 0 amide bonds. The van der Waals surface area contributed by atoms with Gasteiger partial charge >= 0.3 is 5.97 Å². The summed E-state index contributed by atoms with van der Waals surface area (Å²) in [6.07, 6.45) is 0.973. The molecule has 0 aliphatic rings. The standard InChI is InChI=1S/C9H6BrNO4/c10-8(5-9(12)13)6-1-3-7(4-2-6)11(14)15/h1-5H,(H,12,13)/b8-5+. The molecule has 1 rings (SSSR count). The second-order valence-electron chi connectivity index (χ2n) is 2.63. The smallest absolute Gasteiger partial charge is 0.329 e. The summed E-state index contributed by atoms with van der Waals surface area (Å²) in [7, 11) is 0. The van der Waals surface area contributed by atoms with Crippen LogP contribution in [-0.2, 0) is 4.79 Å². The van der Waals surface area contributed by atoms with Crippen molar-refractivity contribution in [1.29, 1.82) is 0 Å². The molecule has 0 atom stereocenters. The molecule has 1 N–H and O–H groups in total. The third-order valence-corrected chi connectivity index (χ3v) is 2.29. The summed E-state index contributed by atoms with van der Waals surface area (Å²) in [4.78, 5) is 20.2. The van der Waals surface area contributed by atoms with Crippen LogP contribution in [0, 0.1) is 10.1 Å². The number of carboxylic acid groups (broad SMARTS) is 1. The van der Waals surface area contributed by atoms with Crippen molar-refractivity contribution in [2.45, 2.75) is 0 Å². The number of halogens is 1. The van der Waals surface area contributed by atoms with E-state index >= 15 is 0 Å². The van der Waals surface area contributed by atoms with E-state index in [-0.39, 0.29) is 5.69 Å². The fourth-order valence-electron chi connectivity index (χ4n) is 0.934. The topological polar surface area (TPSA) is 80.4 Å². The lowest BCUT2D eigenvalue weighted by Crippen LogP contribution is -1.90. The minimum Gasteiger partial charge on any atom is -0.478 e. The Morgan fingerprint density at radius 2 is 1.93 bits per heavy atom. The summed E-state index contributed by atoms with van der Waals surface area (Å²) >= 11 is 3.06. The Kier molecular flexibility index (Phi) is 3.56. The van der Waals surface area contributed by atoms with Crippen molar-refractivity contribution in [2.24, 2.45) is 0 Å². The normalized spacial score (nSPS) is 11.1. The van der Waals surface area contributed by atoms with Crippen LogP contribution in [0.2, 0.25) is 0 Å². The summed E-state index contributed by atoms with van der Waals surface area (Å²) < 4.78 is 0.366. The van der Waals surface area contributed by atoms with Gasteiger partial charge in [0.1, 0.15) is 0 Å². The van der Waals surface area contributed by atoms with Crippen molar-refractivity contribution in [2.75, 3.05) is 0 Å². The van der Waals surface area contributed by atoms with Crippen LogP contribution in [-0.4, -0.2) is 16.0 Å². The van der Waals surface area contributed by atoms with Crippen LogP contribution in [0.1, 0.15) is 5.56 Å². The van der Waals surface area contributed by atoms with Crippen LogP contribution in [0.4, 0.5) is 5.69 Å². The number of benzene rings is 1. The van der Waals surface area contributed by atoms with E-state index in [0.29, 0.717) is 10.0 Å². The maximum absolute atomic E-state index is 10.3. The predicted octanol–water partition coefficient (Wildman–Crippen LogP) is 2.42. The van der Waals surface area contributed by atoms with Gasteiger partial charge in [-0.25, -0.2) is 4.79 Å². The van der Waals surface area contributed by atoms with Gasteiger partial charge in [0.05, 0.1) is 4.92 Å². The van der Waals surface area contributed by atoms with E-state index in [4.69, 9.17) is 5.11 Å². The van der Waals surface area contributed by atoms with E-state index in [1.807, 2.05) is 0 Å². The molecule has 0 heterocycles. The van der Waals surface area contributed by atoms with Gasteiger partial charge in [-0.15, -0.1) is 0 Å². The van der Waals surface area contributed by atoms with Gasteiger partial charge < -0.3 is 5.11 Å². The Morgan fingerprint density at radius 3 is 2.33 bits per heavy atom. The molecule has 0 aliphatic carbocycles. The Hall–Kier alpha value is -1.69. The van der Waals surface area contributed by atoms with Gasteiger partial charge in [-0.2, -0.15) is 0 Å². The fraction of sp³-hybridized carbons (Fsp3) is 0. The van der Waals surface area contributed by atoms with Crippen LogP contribution in [0.5, 0.6) is 0 Å². The molecule has 0 saturated carbocycles. The molecule has 0 aromatic heterocycles. The van der Waals surface area contributed by atoms with E-state index in [1.165, 1.54) is 24.3 Å². The zero-order chi connectivity index (χ0) is 11.4. The molecule has 1 aromatic carbocycles. The van der Waals surface area contributed by atoms with Crippen molar-refractivity contribution in [3.8, 4) is 0 Å². The van der Waals surface area contributed by atoms with E-state index < -0.39 is 10.9 Å². The number of hydrogen-bond donors (Lipinski definition) is 1. The molecule has 0 radical (unpaired) electrons. The molecule has 0 aliphatic heterocycles. The molecule has 1 aromatic rings. The number of non-ortho nitro benzene ring substituents is 1. The van der Waals surface area contributed by atoms with Gasteiger partial charge in [0.25, 0.3) is 5.69 Å². The molecule has 5 nitrogen and oxygen atoms in total. The molecule has 0 saturated heterocycles. The fourth-order valence-corrected chi connectivity index (χ4v) is 1.39. The summed E-state index contributed by atoms with van der Waals surface area (Å²) in [6.45, 7) is 0. The minimum atomic E-state index is -1.08. The van der Waals surface area contributed by atoms with Crippen molar-refractivity contribution in [3.63, 3.8) is 0 Å². The van der Waals surface area contributed by atoms with Gasteiger partial charge in [0, 0.05) is 22.7 Å². The highest BCUT2D eigenvalue weighted by Crippen LogP contribution is 2.23. The lowest BCUT2D eigenvalue weighted by molar-refractivity contribution is -0.384. The first kappa shape index (κ1) is 11.4. The number of hydrogen-bond acceptors (Lipinski definition) is 3. The Balaban J connectivity index is 2.99. The third kappa shape index (κ3) is 3.17. The number of carbonyl (C=O) groups is 1. The SMILES string of the molecule is O=C(O)/C=C(/Br)c1ccc([N+](=O)[O-])cc1. The number of carboxylic acids is 1. The number of nitrogens with zero attached hydrogens (tertiary/aromatic N) is 1. The molecule has 0 fully saturated rings. The number of rotatable bonds is 3. The molecule has 0 spiro atoms. The van der Waals surface area contributed by atoms with Crippen LogP contribution in [0.25, 0.3) is 4.48 Å². The summed E-state index contributed by atoms with van der Waals surface area (Å²) in [5.41, 5.74) is 0.539. The highest BCUT2D eigenvalue weighted by Gasteiger charge is 2.05. The van der Waals surface area contributed by atoms with Gasteiger partial charge in [0.15, 0.2) is 0 Å². The molecule has 78 valence electrons. The molecular formula is C9H6BrNO4. The van der Waals surface area contributed by atoms with Crippen molar-refractivity contribution in [3.05, 3.63) is 46.0 Å². The summed E-state index contributed by atoms with van der Waals surface area (Å²) in [6, 6.07) is 5.57. The highest BCUT2D eigenvalue weighted by molar-refractivity contribution is 9.15. The van der Waals surface area contributed by atoms with E-state index in [2.05, 4.69) is 15.9 Å². The Labute approximate surface area is 93.3 Å². The lowest BCUT2D eigenvalue weighted by Gasteiger charge is -1.97. The maximum Gasteiger partial charge on any atom is 0.329 e. The van der Waals surface area contributed by atoms with Crippen molar-refractivity contribution < 1.29 is 14.8 Å². The molecule has 15 heavy (non-hydrogen) atoms. The van der Waals surface area contributed by atoms with Crippen LogP contribution in [0.15, 0.2) is 30.3 Å². The molecule has 0 unspecified atom stereocenters. The van der Waals surface area contributed by atoms with E-state index in [0.717, 1.165) is 6.08 Å².